The zero-order valence-electron chi connectivity index (χ0n) is 15.4. The summed E-state index contributed by atoms with van der Waals surface area (Å²) in [6.07, 6.45) is 7.37. The minimum atomic E-state index is 0.479. The molecule has 0 aliphatic carbocycles. The van der Waals surface area contributed by atoms with Crippen molar-refractivity contribution >= 4 is 33.3 Å². The third-order valence-electron chi connectivity index (χ3n) is 4.24. The van der Waals surface area contributed by atoms with Crippen molar-refractivity contribution in [2.24, 2.45) is 0 Å². The molecule has 144 valence electrons. The van der Waals surface area contributed by atoms with Crippen LogP contribution in [0.3, 0.4) is 0 Å². The highest BCUT2D eigenvalue weighted by molar-refractivity contribution is 7.99. The van der Waals surface area contributed by atoms with Crippen LogP contribution in [0.15, 0.2) is 63.0 Å². The van der Waals surface area contributed by atoms with E-state index in [1.165, 1.54) is 11.8 Å². The molecular formula is C19H15N7OS2. The van der Waals surface area contributed by atoms with Gasteiger partial charge in [-0.25, -0.2) is 15.0 Å². The van der Waals surface area contributed by atoms with E-state index in [1.54, 1.807) is 36.2 Å². The van der Waals surface area contributed by atoms with E-state index in [4.69, 9.17) is 9.40 Å². The molecule has 0 saturated heterocycles. The maximum Gasteiger partial charge on any atom is 0.198 e. The van der Waals surface area contributed by atoms with E-state index in [2.05, 4.69) is 32.1 Å². The summed E-state index contributed by atoms with van der Waals surface area (Å²) in [7, 11) is 0. The van der Waals surface area contributed by atoms with Crippen LogP contribution in [0.1, 0.15) is 18.5 Å². The number of aromatic nitrogens is 7. The van der Waals surface area contributed by atoms with Crippen LogP contribution < -0.4 is 0 Å². The van der Waals surface area contributed by atoms with Crippen molar-refractivity contribution in [1.29, 1.82) is 0 Å². The molecular weight excluding hydrogens is 406 g/mol. The molecule has 0 N–H and O–H groups in total. The van der Waals surface area contributed by atoms with E-state index < -0.39 is 0 Å². The van der Waals surface area contributed by atoms with Crippen molar-refractivity contribution in [3.8, 4) is 11.5 Å². The monoisotopic (exact) mass is 421 g/mol. The van der Waals surface area contributed by atoms with Gasteiger partial charge in [0.1, 0.15) is 27.1 Å². The first-order valence-electron chi connectivity index (χ1n) is 8.95. The van der Waals surface area contributed by atoms with E-state index in [1.807, 2.05) is 28.1 Å². The van der Waals surface area contributed by atoms with Crippen molar-refractivity contribution in [1.82, 2.24) is 34.7 Å². The van der Waals surface area contributed by atoms with Crippen LogP contribution in [0.4, 0.5) is 0 Å². The summed E-state index contributed by atoms with van der Waals surface area (Å²) in [4.78, 5) is 18.9. The molecule has 0 bridgehead atoms. The van der Waals surface area contributed by atoms with Crippen LogP contribution >= 0.6 is 23.1 Å². The van der Waals surface area contributed by atoms with Crippen LogP contribution in [0.5, 0.6) is 0 Å². The van der Waals surface area contributed by atoms with E-state index in [0.717, 1.165) is 33.2 Å². The van der Waals surface area contributed by atoms with Gasteiger partial charge in [-0.15, -0.1) is 21.5 Å². The topological polar surface area (TPSA) is 95.4 Å². The van der Waals surface area contributed by atoms with Crippen molar-refractivity contribution < 1.29 is 4.42 Å². The van der Waals surface area contributed by atoms with Gasteiger partial charge in [-0.3, -0.25) is 9.55 Å². The SMILES string of the molecule is CCc1nc(Sc2nnc(-c3cnccn3)n2Cc2ccco2)c2ccsc2n1. The smallest absolute Gasteiger partial charge is 0.198 e. The highest BCUT2D eigenvalue weighted by atomic mass is 32.2. The van der Waals surface area contributed by atoms with E-state index in [9.17, 15) is 0 Å². The molecule has 5 aromatic rings. The number of hydrogen-bond acceptors (Lipinski definition) is 9. The first-order chi connectivity index (χ1) is 14.3. The Kier molecular flexibility index (Phi) is 4.78. The van der Waals surface area contributed by atoms with Gasteiger partial charge in [-0.05, 0) is 35.3 Å². The minimum Gasteiger partial charge on any atom is -0.467 e. The second-order valence-corrected chi connectivity index (χ2v) is 7.95. The number of aryl methyl sites for hydroxylation is 1. The van der Waals surface area contributed by atoms with Crippen LogP contribution in [0, 0.1) is 0 Å². The standard InChI is InChI=1S/C19H15N7OS2/c1-2-15-22-17-13(5-9-28-17)18(23-15)29-19-25-24-16(14-10-20-6-7-21-14)26(19)11-12-4-3-8-27-12/h3-10H,2,11H2,1H3. The van der Waals surface area contributed by atoms with Gasteiger partial charge >= 0.3 is 0 Å². The Labute approximate surface area is 174 Å². The number of thiophene rings is 1. The highest BCUT2D eigenvalue weighted by Gasteiger charge is 2.19. The maximum atomic E-state index is 5.55. The molecule has 0 unspecified atom stereocenters. The Morgan fingerprint density at radius 1 is 1.17 bits per heavy atom. The van der Waals surface area contributed by atoms with Gasteiger partial charge in [-0.2, -0.15) is 0 Å². The second-order valence-electron chi connectivity index (χ2n) is 6.10. The van der Waals surface area contributed by atoms with Gasteiger partial charge in [0, 0.05) is 24.2 Å². The minimum absolute atomic E-state index is 0.479. The first kappa shape index (κ1) is 18.0. The Morgan fingerprint density at radius 2 is 2.14 bits per heavy atom. The predicted molar refractivity (Wildman–Crippen MR) is 110 cm³/mol. The molecule has 0 radical (unpaired) electrons. The van der Waals surface area contributed by atoms with Gasteiger partial charge < -0.3 is 4.42 Å². The number of hydrogen-bond donors (Lipinski definition) is 0. The molecule has 5 rings (SSSR count). The molecule has 0 atom stereocenters. The van der Waals surface area contributed by atoms with Crippen LogP contribution in [-0.4, -0.2) is 34.7 Å². The number of nitrogens with zero attached hydrogens (tertiary/aromatic N) is 7. The fraction of sp³-hybridized carbons (Fsp3) is 0.158. The van der Waals surface area contributed by atoms with Gasteiger partial charge in [0.05, 0.1) is 19.0 Å². The molecule has 0 aliphatic heterocycles. The molecule has 0 aliphatic rings. The van der Waals surface area contributed by atoms with Gasteiger partial charge in [0.15, 0.2) is 11.0 Å². The van der Waals surface area contributed by atoms with E-state index in [0.29, 0.717) is 23.2 Å². The molecule has 5 aromatic heterocycles. The number of fused-ring (bicyclic) bond motifs is 1. The molecule has 0 saturated carbocycles. The summed E-state index contributed by atoms with van der Waals surface area (Å²) in [5.74, 6) is 2.24. The maximum absolute atomic E-state index is 5.55. The summed E-state index contributed by atoms with van der Waals surface area (Å²) >= 11 is 3.08. The summed E-state index contributed by atoms with van der Waals surface area (Å²) in [6, 6.07) is 5.83. The van der Waals surface area contributed by atoms with Crippen LogP contribution in [-0.2, 0) is 13.0 Å². The molecule has 0 fully saturated rings. The second kappa shape index (κ2) is 7.72. The highest BCUT2D eigenvalue weighted by Crippen LogP contribution is 2.34. The molecule has 10 heteroatoms. The summed E-state index contributed by atoms with van der Waals surface area (Å²) in [5.41, 5.74) is 0.649. The first-order valence-corrected chi connectivity index (χ1v) is 10.7. The molecule has 5 heterocycles. The summed E-state index contributed by atoms with van der Waals surface area (Å²) in [5, 5.41) is 13.4. The number of rotatable bonds is 6. The quantitative estimate of drug-likeness (QED) is 0.378. The third-order valence-corrected chi connectivity index (χ3v) is 6.04. The summed E-state index contributed by atoms with van der Waals surface area (Å²) < 4.78 is 7.52. The fourth-order valence-electron chi connectivity index (χ4n) is 2.86. The Balaban J connectivity index is 1.60. The van der Waals surface area contributed by atoms with Crippen molar-refractivity contribution in [2.75, 3.05) is 0 Å². The molecule has 0 aromatic carbocycles. The molecule has 8 nitrogen and oxygen atoms in total. The Morgan fingerprint density at radius 3 is 2.93 bits per heavy atom. The van der Waals surface area contributed by atoms with Gasteiger partial charge in [0.2, 0.25) is 0 Å². The van der Waals surface area contributed by atoms with Crippen molar-refractivity contribution in [3.05, 3.63) is 60.0 Å². The molecule has 0 amide bonds. The largest absolute Gasteiger partial charge is 0.467 e. The van der Waals surface area contributed by atoms with E-state index >= 15 is 0 Å². The van der Waals surface area contributed by atoms with Crippen LogP contribution in [0.25, 0.3) is 21.7 Å². The van der Waals surface area contributed by atoms with Crippen LogP contribution in [0.2, 0.25) is 0 Å². The summed E-state index contributed by atoms with van der Waals surface area (Å²) in [6.45, 7) is 2.53. The Hall–Kier alpha value is -3.11. The average Bonchev–Trinajstić information content (AvgIpc) is 3.51. The predicted octanol–water partition coefficient (Wildman–Crippen LogP) is 4.09. The lowest BCUT2D eigenvalue weighted by molar-refractivity contribution is 0.485. The van der Waals surface area contributed by atoms with Gasteiger partial charge in [-0.1, -0.05) is 6.92 Å². The lowest BCUT2D eigenvalue weighted by Crippen LogP contribution is -2.05. The Bertz CT molecular complexity index is 1250. The molecule has 0 spiro atoms. The zero-order valence-corrected chi connectivity index (χ0v) is 17.0. The van der Waals surface area contributed by atoms with Gasteiger partial charge in [0.25, 0.3) is 0 Å². The average molecular weight is 422 g/mol. The lowest BCUT2D eigenvalue weighted by Gasteiger charge is -2.09. The normalized spacial score (nSPS) is 11.3. The third kappa shape index (κ3) is 3.52. The molecule has 29 heavy (non-hydrogen) atoms. The van der Waals surface area contributed by atoms with E-state index in [-0.39, 0.29) is 0 Å². The zero-order chi connectivity index (χ0) is 19.6. The number of furan rings is 1. The lowest BCUT2D eigenvalue weighted by atomic mass is 10.4. The fourth-order valence-corrected chi connectivity index (χ4v) is 4.65. The van der Waals surface area contributed by atoms with Crippen molar-refractivity contribution in [3.63, 3.8) is 0 Å². The van der Waals surface area contributed by atoms with Crippen molar-refractivity contribution in [2.45, 2.75) is 30.1 Å².